The molecular weight excluding hydrogens is 448 g/mol. The van der Waals surface area contributed by atoms with Crippen LogP contribution < -0.4 is 24.4 Å². The van der Waals surface area contributed by atoms with E-state index in [1.54, 1.807) is 48.5 Å². The Balaban J connectivity index is 1.70. The first-order valence-corrected chi connectivity index (χ1v) is 10.2. The van der Waals surface area contributed by atoms with E-state index in [1.165, 1.54) is 33.5 Å². The van der Waals surface area contributed by atoms with Gasteiger partial charge in [-0.25, -0.2) is 4.79 Å². The number of fused-ring (bicyclic) bond motifs is 1. The zero-order valence-electron chi connectivity index (χ0n) is 18.0. The van der Waals surface area contributed by atoms with Crippen molar-refractivity contribution in [2.45, 2.75) is 0 Å². The van der Waals surface area contributed by atoms with Crippen molar-refractivity contribution in [2.75, 3.05) is 21.3 Å². The van der Waals surface area contributed by atoms with Crippen LogP contribution in [0.5, 0.6) is 23.0 Å². The molecule has 4 rings (SSSR count). The second-order valence-electron chi connectivity index (χ2n) is 6.94. The Morgan fingerprint density at radius 1 is 0.848 bits per heavy atom. The summed E-state index contributed by atoms with van der Waals surface area (Å²) < 4.78 is 27.4. The Labute approximate surface area is 194 Å². The second kappa shape index (κ2) is 9.26. The van der Waals surface area contributed by atoms with E-state index < -0.39 is 5.97 Å². The summed E-state index contributed by atoms with van der Waals surface area (Å²) in [6, 6.07) is 15.6. The van der Waals surface area contributed by atoms with Gasteiger partial charge in [-0.1, -0.05) is 11.6 Å². The molecule has 0 spiro atoms. The standard InChI is InChI=1S/C25H19ClO7/c1-29-22-10-15(11-23(30-2)24(22)31-3)21-13-19(27)18-12-17(8-9-20(18)33-21)32-25(28)14-4-6-16(26)7-5-14/h4-13H,1-3H3. The molecule has 0 aliphatic carbocycles. The van der Waals surface area contributed by atoms with Crippen molar-refractivity contribution in [3.63, 3.8) is 0 Å². The molecule has 1 aromatic heterocycles. The number of carbonyl (C=O) groups excluding carboxylic acids is 1. The molecule has 8 heteroatoms. The molecule has 0 N–H and O–H groups in total. The highest BCUT2D eigenvalue weighted by Gasteiger charge is 2.17. The summed E-state index contributed by atoms with van der Waals surface area (Å²) >= 11 is 5.85. The Kier molecular flexibility index (Phi) is 6.24. The summed E-state index contributed by atoms with van der Waals surface area (Å²) in [5, 5.41) is 0.783. The summed E-state index contributed by atoms with van der Waals surface area (Å²) in [6.45, 7) is 0. The summed E-state index contributed by atoms with van der Waals surface area (Å²) in [5.74, 6) is 1.26. The highest BCUT2D eigenvalue weighted by molar-refractivity contribution is 6.30. The predicted octanol–water partition coefficient (Wildman–Crippen LogP) is 5.36. The molecule has 0 unspecified atom stereocenters. The lowest BCUT2D eigenvalue weighted by atomic mass is 10.1. The van der Waals surface area contributed by atoms with Crippen molar-refractivity contribution < 1.29 is 28.2 Å². The van der Waals surface area contributed by atoms with Crippen LogP contribution in [0.2, 0.25) is 5.02 Å². The average molecular weight is 467 g/mol. The van der Waals surface area contributed by atoms with Gasteiger partial charge in [0.25, 0.3) is 0 Å². The van der Waals surface area contributed by atoms with Gasteiger partial charge in [-0.05, 0) is 54.6 Å². The molecule has 3 aromatic carbocycles. The maximum absolute atomic E-state index is 12.8. The number of ether oxygens (including phenoxy) is 4. The van der Waals surface area contributed by atoms with Crippen LogP contribution in [0.3, 0.4) is 0 Å². The molecule has 0 atom stereocenters. The number of esters is 1. The largest absolute Gasteiger partial charge is 0.493 e. The summed E-state index contributed by atoms with van der Waals surface area (Å²) in [4.78, 5) is 25.2. The number of methoxy groups -OCH3 is 3. The van der Waals surface area contributed by atoms with Crippen molar-refractivity contribution in [2.24, 2.45) is 0 Å². The van der Waals surface area contributed by atoms with Crippen molar-refractivity contribution >= 4 is 28.5 Å². The zero-order chi connectivity index (χ0) is 23.5. The molecule has 168 valence electrons. The molecule has 0 bridgehead atoms. The number of halogens is 1. The third-order valence-electron chi connectivity index (χ3n) is 4.94. The molecule has 7 nitrogen and oxygen atoms in total. The van der Waals surface area contributed by atoms with E-state index >= 15 is 0 Å². The molecule has 0 amide bonds. The fourth-order valence-corrected chi connectivity index (χ4v) is 3.44. The van der Waals surface area contributed by atoms with E-state index in [0.717, 1.165) is 0 Å². The quantitative estimate of drug-likeness (QED) is 0.279. The van der Waals surface area contributed by atoms with Gasteiger partial charge in [-0.2, -0.15) is 0 Å². The maximum Gasteiger partial charge on any atom is 0.343 e. The fourth-order valence-electron chi connectivity index (χ4n) is 3.32. The van der Waals surface area contributed by atoms with Gasteiger partial charge in [0.2, 0.25) is 5.75 Å². The minimum atomic E-state index is -0.565. The maximum atomic E-state index is 12.8. The molecular formula is C25H19ClO7. The summed E-state index contributed by atoms with van der Waals surface area (Å²) in [5.41, 5.74) is 0.938. The van der Waals surface area contributed by atoms with E-state index in [2.05, 4.69) is 0 Å². The van der Waals surface area contributed by atoms with Gasteiger partial charge in [-0.3, -0.25) is 4.79 Å². The predicted molar refractivity (Wildman–Crippen MR) is 124 cm³/mol. The first-order chi connectivity index (χ1) is 15.9. The topological polar surface area (TPSA) is 84.2 Å². The van der Waals surface area contributed by atoms with E-state index in [0.29, 0.717) is 44.7 Å². The highest BCUT2D eigenvalue weighted by Crippen LogP contribution is 2.41. The fraction of sp³-hybridized carbons (Fsp3) is 0.120. The van der Waals surface area contributed by atoms with Crippen LogP contribution in [-0.4, -0.2) is 27.3 Å². The van der Waals surface area contributed by atoms with Crippen LogP contribution in [0.25, 0.3) is 22.3 Å². The molecule has 0 radical (unpaired) electrons. The average Bonchev–Trinajstić information content (AvgIpc) is 2.83. The van der Waals surface area contributed by atoms with Crippen molar-refractivity contribution in [3.8, 4) is 34.3 Å². The lowest BCUT2D eigenvalue weighted by molar-refractivity contribution is 0.0735. The van der Waals surface area contributed by atoms with Crippen LogP contribution in [-0.2, 0) is 0 Å². The van der Waals surface area contributed by atoms with Crippen LogP contribution in [0.1, 0.15) is 10.4 Å². The first-order valence-electron chi connectivity index (χ1n) is 9.79. The highest BCUT2D eigenvalue weighted by atomic mass is 35.5. The van der Waals surface area contributed by atoms with Crippen LogP contribution >= 0.6 is 11.6 Å². The van der Waals surface area contributed by atoms with Gasteiger partial charge < -0.3 is 23.4 Å². The smallest absolute Gasteiger partial charge is 0.343 e. The Morgan fingerprint density at radius 3 is 2.12 bits per heavy atom. The molecule has 1 heterocycles. The first kappa shape index (κ1) is 22.2. The number of hydrogen-bond acceptors (Lipinski definition) is 7. The molecule has 0 saturated carbocycles. The van der Waals surface area contributed by atoms with E-state index in [1.807, 2.05) is 0 Å². The van der Waals surface area contributed by atoms with Gasteiger partial charge in [0.15, 0.2) is 16.9 Å². The zero-order valence-corrected chi connectivity index (χ0v) is 18.8. The molecule has 0 aliphatic rings. The van der Waals surface area contributed by atoms with E-state index in [9.17, 15) is 9.59 Å². The van der Waals surface area contributed by atoms with Gasteiger partial charge in [0.05, 0.1) is 32.3 Å². The third-order valence-corrected chi connectivity index (χ3v) is 5.19. The Bertz CT molecular complexity index is 1370. The van der Waals surface area contributed by atoms with Gasteiger partial charge in [-0.15, -0.1) is 0 Å². The number of hydrogen-bond donors (Lipinski definition) is 0. The number of benzene rings is 3. The molecule has 0 aliphatic heterocycles. The van der Waals surface area contributed by atoms with Gasteiger partial charge in [0, 0.05) is 16.7 Å². The second-order valence-corrected chi connectivity index (χ2v) is 7.38. The van der Waals surface area contributed by atoms with Crippen molar-refractivity contribution in [1.82, 2.24) is 0 Å². The summed E-state index contributed by atoms with van der Waals surface area (Å²) in [6.07, 6.45) is 0. The minimum absolute atomic E-state index is 0.218. The molecule has 0 fully saturated rings. The summed E-state index contributed by atoms with van der Waals surface area (Å²) in [7, 11) is 4.52. The van der Waals surface area contributed by atoms with Crippen LogP contribution in [0.15, 0.2) is 69.9 Å². The lowest BCUT2D eigenvalue weighted by Gasteiger charge is -2.14. The normalized spacial score (nSPS) is 10.7. The monoisotopic (exact) mass is 466 g/mol. The lowest BCUT2D eigenvalue weighted by Crippen LogP contribution is -2.09. The van der Waals surface area contributed by atoms with Crippen LogP contribution in [0, 0.1) is 0 Å². The van der Waals surface area contributed by atoms with Crippen LogP contribution in [0.4, 0.5) is 0 Å². The molecule has 33 heavy (non-hydrogen) atoms. The Hall–Kier alpha value is -3.97. The Morgan fingerprint density at radius 2 is 1.52 bits per heavy atom. The van der Waals surface area contributed by atoms with E-state index in [-0.39, 0.29) is 16.6 Å². The number of rotatable bonds is 6. The van der Waals surface area contributed by atoms with E-state index in [4.69, 9.17) is 35.0 Å². The minimum Gasteiger partial charge on any atom is -0.493 e. The molecule has 0 saturated heterocycles. The van der Waals surface area contributed by atoms with Crippen molar-refractivity contribution in [3.05, 3.63) is 81.5 Å². The molecule has 4 aromatic rings. The van der Waals surface area contributed by atoms with Crippen molar-refractivity contribution in [1.29, 1.82) is 0 Å². The SMILES string of the molecule is COc1cc(-c2cc(=O)c3cc(OC(=O)c4ccc(Cl)cc4)ccc3o2)cc(OC)c1OC. The van der Waals surface area contributed by atoms with Gasteiger partial charge >= 0.3 is 5.97 Å². The van der Waals surface area contributed by atoms with Gasteiger partial charge in [0.1, 0.15) is 17.1 Å². The third kappa shape index (κ3) is 4.49. The number of carbonyl (C=O) groups is 1.